The number of hydrogen-bond acceptors (Lipinski definition) is 3. The van der Waals surface area contributed by atoms with E-state index in [9.17, 15) is 9.18 Å². The third-order valence-electron chi connectivity index (χ3n) is 4.61. The molecule has 0 radical (unpaired) electrons. The Morgan fingerprint density at radius 1 is 1.19 bits per heavy atom. The van der Waals surface area contributed by atoms with Crippen LogP contribution < -0.4 is 10.1 Å². The first-order chi connectivity index (χ1) is 13.1. The zero-order chi connectivity index (χ0) is 18.8. The number of aryl methyl sites for hydroxylation is 1. The van der Waals surface area contributed by atoms with Gasteiger partial charge >= 0.3 is 0 Å². The van der Waals surface area contributed by atoms with Gasteiger partial charge in [-0.25, -0.2) is 4.39 Å². The number of nitrogens with zero attached hydrogens (tertiary/aromatic N) is 1. The van der Waals surface area contributed by atoms with E-state index >= 15 is 0 Å². The van der Waals surface area contributed by atoms with Crippen LogP contribution in [0, 0.1) is 12.7 Å². The molecule has 0 bridgehead atoms. The van der Waals surface area contributed by atoms with Crippen molar-refractivity contribution in [1.82, 2.24) is 10.3 Å². The highest BCUT2D eigenvalue weighted by Crippen LogP contribution is 2.37. The highest BCUT2D eigenvalue weighted by atomic mass is 19.1. The first-order valence-corrected chi connectivity index (χ1v) is 8.85. The maximum Gasteiger partial charge on any atom is 0.251 e. The number of fused-ring (bicyclic) bond motifs is 1. The average molecular weight is 362 g/mol. The molecule has 136 valence electrons. The van der Waals surface area contributed by atoms with Crippen molar-refractivity contribution >= 4 is 5.91 Å². The molecule has 1 amide bonds. The van der Waals surface area contributed by atoms with Crippen molar-refractivity contribution in [2.24, 2.45) is 0 Å². The number of hydrogen-bond donors (Lipinski definition) is 1. The third-order valence-corrected chi connectivity index (χ3v) is 4.61. The quantitative estimate of drug-likeness (QED) is 0.765. The smallest absolute Gasteiger partial charge is 0.251 e. The number of pyridine rings is 1. The molecule has 0 saturated heterocycles. The summed E-state index contributed by atoms with van der Waals surface area (Å²) in [4.78, 5) is 16.7. The van der Waals surface area contributed by atoms with E-state index in [4.69, 9.17) is 4.74 Å². The van der Waals surface area contributed by atoms with E-state index in [0.717, 1.165) is 34.6 Å². The predicted octanol–water partition coefficient (Wildman–Crippen LogP) is 3.93. The number of rotatable bonds is 4. The van der Waals surface area contributed by atoms with Crippen LogP contribution in [0.5, 0.6) is 5.75 Å². The highest BCUT2D eigenvalue weighted by Gasteiger charge is 2.26. The standard InChI is InChI=1S/C22H19FN2O2/c1-14-5-10-20(24-12-14)19-4-2-3-16-11-18(27-21(16)19)13-25-22(26)15-6-8-17(23)9-7-15/h2-10,12,18H,11,13H2,1H3,(H,25,26). The molecule has 27 heavy (non-hydrogen) atoms. The summed E-state index contributed by atoms with van der Waals surface area (Å²) < 4.78 is 19.1. The van der Waals surface area contributed by atoms with Crippen LogP contribution in [0.15, 0.2) is 60.8 Å². The molecular weight excluding hydrogens is 343 g/mol. The second-order valence-corrected chi connectivity index (χ2v) is 6.68. The van der Waals surface area contributed by atoms with E-state index in [1.54, 1.807) is 0 Å². The van der Waals surface area contributed by atoms with E-state index in [-0.39, 0.29) is 17.8 Å². The Morgan fingerprint density at radius 2 is 2.00 bits per heavy atom. The summed E-state index contributed by atoms with van der Waals surface area (Å²) in [5.74, 6) is 0.225. The first-order valence-electron chi connectivity index (χ1n) is 8.85. The number of nitrogens with one attached hydrogen (secondary N) is 1. The Kier molecular flexibility index (Phi) is 4.59. The molecule has 5 heteroatoms. The minimum Gasteiger partial charge on any atom is -0.487 e. The third kappa shape index (κ3) is 3.67. The topological polar surface area (TPSA) is 51.2 Å². The van der Waals surface area contributed by atoms with Crippen molar-refractivity contribution in [2.75, 3.05) is 6.54 Å². The molecule has 1 aromatic heterocycles. The van der Waals surface area contributed by atoms with Gasteiger partial charge in [-0.3, -0.25) is 9.78 Å². The lowest BCUT2D eigenvalue weighted by molar-refractivity contribution is 0.0933. The summed E-state index contributed by atoms with van der Waals surface area (Å²) >= 11 is 0. The Morgan fingerprint density at radius 3 is 2.74 bits per heavy atom. The number of para-hydroxylation sites is 1. The van der Waals surface area contributed by atoms with Gasteiger partial charge in [-0.15, -0.1) is 0 Å². The summed E-state index contributed by atoms with van der Waals surface area (Å²) in [5, 5.41) is 2.86. The van der Waals surface area contributed by atoms with Gasteiger partial charge in [0.05, 0.1) is 12.2 Å². The number of benzene rings is 2. The van der Waals surface area contributed by atoms with Gasteiger partial charge < -0.3 is 10.1 Å². The zero-order valence-corrected chi connectivity index (χ0v) is 14.9. The molecule has 1 unspecified atom stereocenters. The molecule has 0 spiro atoms. The van der Waals surface area contributed by atoms with Crippen LogP contribution in [0.4, 0.5) is 4.39 Å². The minimum atomic E-state index is -0.363. The lowest BCUT2D eigenvalue weighted by atomic mass is 10.0. The van der Waals surface area contributed by atoms with Crippen LogP contribution in [0.25, 0.3) is 11.3 Å². The summed E-state index contributed by atoms with van der Waals surface area (Å²) in [7, 11) is 0. The molecule has 0 saturated carbocycles. The van der Waals surface area contributed by atoms with Gasteiger partial charge in [0, 0.05) is 23.7 Å². The van der Waals surface area contributed by atoms with Crippen molar-refractivity contribution in [1.29, 1.82) is 0 Å². The summed E-state index contributed by atoms with van der Waals surface area (Å²) in [6, 6.07) is 15.5. The fourth-order valence-corrected chi connectivity index (χ4v) is 3.19. The van der Waals surface area contributed by atoms with E-state index in [0.29, 0.717) is 12.1 Å². The van der Waals surface area contributed by atoms with E-state index in [1.807, 2.05) is 43.5 Å². The van der Waals surface area contributed by atoms with Crippen LogP contribution in [0.2, 0.25) is 0 Å². The molecule has 4 nitrogen and oxygen atoms in total. The van der Waals surface area contributed by atoms with Gasteiger partial charge in [0.15, 0.2) is 0 Å². The molecule has 1 aliphatic rings. The largest absolute Gasteiger partial charge is 0.487 e. The van der Waals surface area contributed by atoms with Crippen LogP contribution in [-0.4, -0.2) is 23.5 Å². The van der Waals surface area contributed by atoms with Gasteiger partial charge in [0.2, 0.25) is 0 Å². The fraction of sp³-hybridized carbons (Fsp3) is 0.182. The SMILES string of the molecule is Cc1ccc(-c2cccc3c2OC(CNC(=O)c2ccc(F)cc2)C3)nc1. The van der Waals surface area contributed by atoms with Gasteiger partial charge in [0.25, 0.3) is 5.91 Å². The molecule has 4 rings (SSSR count). The van der Waals surface area contributed by atoms with Gasteiger partial charge in [-0.2, -0.15) is 0 Å². The second kappa shape index (κ2) is 7.19. The van der Waals surface area contributed by atoms with Crippen molar-refractivity contribution in [3.8, 4) is 17.0 Å². The molecule has 1 N–H and O–H groups in total. The van der Waals surface area contributed by atoms with Crippen LogP contribution in [0.1, 0.15) is 21.5 Å². The summed E-state index contributed by atoms with van der Waals surface area (Å²) in [6.45, 7) is 2.38. The molecule has 1 aliphatic heterocycles. The lowest BCUT2D eigenvalue weighted by Gasteiger charge is -2.13. The number of aromatic nitrogens is 1. The second-order valence-electron chi connectivity index (χ2n) is 6.68. The Balaban J connectivity index is 1.45. The zero-order valence-electron chi connectivity index (χ0n) is 14.9. The normalized spacial score (nSPS) is 15.1. The van der Waals surface area contributed by atoms with E-state index < -0.39 is 0 Å². The van der Waals surface area contributed by atoms with E-state index in [2.05, 4.69) is 10.3 Å². The molecule has 2 heterocycles. The predicted molar refractivity (Wildman–Crippen MR) is 101 cm³/mol. The molecule has 3 aromatic rings. The van der Waals surface area contributed by atoms with Crippen molar-refractivity contribution in [3.63, 3.8) is 0 Å². The number of halogens is 1. The minimum absolute atomic E-state index is 0.143. The number of carbonyl (C=O) groups is 1. The Bertz CT molecular complexity index is 969. The van der Waals surface area contributed by atoms with Crippen LogP contribution in [0.3, 0.4) is 0 Å². The van der Waals surface area contributed by atoms with Gasteiger partial charge in [0.1, 0.15) is 17.7 Å². The van der Waals surface area contributed by atoms with Gasteiger partial charge in [-0.1, -0.05) is 18.2 Å². The maximum atomic E-state index is 13.0. The lowest BCUT2D eigenvalue weighted by Crippen LogP contribution is -2.34. The highest BCUT2D eigenvalue weighted by molar-refractivity contribution is 5.94. The summed E-state index contributed by atoms with van der Waals surface area (Å²) in [6.07, 6.45) is 2.42. The Labute approximate surface area is 157 Å². The summed E-state index contributed by atoms with van der Waals surface area (Å²) in [5.41, 5.74) is 4.47. The maximum absolute atomic E-state index is 13.0. The van der Waals surface area contributed by atoms with Crippen LogP contribution in [-0.2, 0) is 6.42 Å². The molecule has 1 atom stereocenters. The monoisotopic (exact) mass is 362 g/mol. The number of ether oxygens (including phenoxy) is 1. The Hall–Kier alpha value is -3.21. The van der Waals surface area contributed by atoms with Crippen LogP contribution >= 0.6 is 0 Å². The molecule has 0 fully saturated rings. The van der Waals surface area contributed by atoms with Crippen molar-refractivity contribution in [3.05, 3.63) is 83.3 Å². The van der Waals surface area contributed by atoms with Gasteiger partial charge in [-0.05, 0) is 54.4 Å². The fourth-order valence-electron chi connectivity index (χ4n) is 3.19. The van der Waals surface area contributed by atoms with Crippen molar-refractivity contribution < 1.29 is 13.9 Å². The first kappa shape index (κ1) is 17.2. The van der Waals surface area contributed by atoms with Crippen molar-refractivity contribution in [2.45, 2.75) is 19.4 Å². The van der Waals surface area contributed by atoms with E-state index in [1.165, 1.54) is 24.3 Å². The number of carbonyl (C=O) groups excluding carboxylic acids is 1. The molecule has 0 aliphatic carbocycles. The average Bonchev–Trinajstić information content (AvgIpc) is 3.10. The molecule has 2 aromatic carbocycles. The molecular formula is C22H19FN2O2. The number of amides is 1.